The zero-order valence-corrected chi connectivity index (χ0v) is 16.3. The number of aliphatic hydroxyl groups excluding tert-OH is 1. The maximum atomic E-state index is 12.3. The van der Waals surface area contributed by atoms with Gasteiger partial charge in [-0.1, -0.05) is 5.21 Å². The lowest BCUT2D eigenvalue weighted by molar-refractivity contribution is -0.130. The highest BCUT2D eigenvalue weighted by atomic mass is 16.5. The van der Waals surface area contributed by atoms with E-state index in [-0.39, 0.29) is 30.8 Å². The van der Waals surface area contributed by atoms with Gasteiger partial charge in [-0.3, -0.25) is 14.4 Å². The Kier molecular flexibility index (Phi) is 6.56. The molecule has 1 aromatic heterocycles. The molecule has 3 aliphatic rings. The molecular weight excluding hydrogens is 362 g/mol. The maximum absolute atomic E-state index is 12.3. The number of nitrogens with zero attached hydrogens (tertiary/aromatic N) is 4. The molecule has 3 atom stereocenters. The average Bonchev–Trinajstić information content (AvgIpc) is 3.46. The van der Waals surface area contributed by atoms with E-state index >= 15 is 0 Å². The number of amides is 1. The number of carbonyl (C=O) groups excluding carboxylic acids is 1. The molecule has 2 aliphatic heterocycles. The maximum Gasteiger partial charge on any atom is 0.234 e. The number of carbonyl (C=O) groups is 1. The summed E-state index contributed by atoms with van der Waals surface area (Å²) in [5, 5.41) is 21.2. The largest absolute Gasteiger partial charge is 0.394 e. The number of nitrogens with one attached hydrogen (secondary N) is 1. The van der Waals surface area contributed by atoms with Crippen molar-refractivity contribution in [3.63, 3.8) is 0 Å². The van der Waals surface area contributed by atoms with E-state index in [0.717, 1.165) is 44.6 Å². The first-order valence-electron chi connectivity index (χ1n) is 10.5. The minimum Gasteiger partial charge on any atom is -0.394 e. The Morgan fingerprint density at radius 1 is 1.25 bits per heavy atom. The summed E-state index contributed by atoms with van der Waals surface area (Å²) in [6, 6.07) is -0.136. The normalized spacial score (nSPS) is 29.0. The lowest BCUT2D eigenvalue weighted by Crippen LogP contribution is -2.53. The van der Waals surface area contributed by atoms with Gasteiger partial charge >= 0.3 is 0 Å². The number of aromatic nitrogens is 3. The lowest BCUT2D eigenvalue weighted by Gasteiger charge is -2.36. The van der Waals surface area contributed by atoms with Gasteiger partial charge in [-0.2, -0.15) is 0 Å². The summed E-state index contributed by atoms with van der Waals surface area (Å²) >= 11 is 0. The van der Waals surface area contributed by atoms with Crippen LogP contribution in [0.5, 0.6) is 0 Å². The molecule has 2 N–H and O–H groups in total. The van der Waals surface area contributed by atoms with Crippen molar-refractivity contribution in [2.45, 2.75) is 62.8 Å². The summed E-state index contributed by atoms with van der Waals surface area (Å²) in [4.78, 5) is 14.4. The Hall–Kier alpha value is -1.55. The number of hydrogen-bond donors (Lipinski definition) is 2. The van der Waals surface area contributed by atoms with Crippen LogP contribution < -0.4 is 5.32 Å². The number of ether oxygens (including phenoxy) is 2. The smallest absolute Gasteiger partial charge is 0.234 e. The summed E-state index contributed by atoms with van der Waals surface area (Å²) < 4.78 is 13.3. The predicted molar refractivity (Wildman–Crippen MR) is 101 cm³/mol. The molecule has 1 aromatic rings. The van der Waals surface area contributed by atoms with Gasteiger partial charge in [-0.05, 0) is 32.1 Å². The van der Waals surface area contributed by atoms with E-state index in [2.05, 4.69) is 20.5 Å². The standard InChI is InChI=1S/C19H31N5O4/c25-13-18-16(20-19(26)12-23-7-9-27-10-8-23)4-3-15(28-18)5-6-24-11-17(21-22-24)14-1-2-14/h11,14-16,18,25H,1-10,12-13H2,(H,20,26)/t15-,16+,18+/m0/s1. The molecule has 0 aromatic carbocycles. The van der Waals surface area contributed by atoms with Gasteiger partial charge < -0.3 is 19.9 Å². The van der Waals surface area contributed by atoms with Gasteiger partial charge in [0.1, 0.15) is 6.10 Å². The van der Waals surface area contributed by atoms with Crippen LogP contribution in [-0.4, -0.2) is 88.6 Å². The highest BCUT2D eigenvalue weighted by molar-refractivity contribution is 5.78. The SMILES string of the molecule is O=C(CN1CCOCC1)N[C@@H]1CC[C@@H](CCn2cc(C3CC3)nn2)O[C@@H]1CO. The molecule has 0 spiro atoms. The highest BCUT2D eigenvalue weighted by Crippen LogP contribution is 2.38. The first-order valence-corrected chi connectivity index (χ1v) is 10.5. The van der Waals surface area contributed by atoms with Crippen LogP contribution in [0.3, 0.4) is 0 Å². The van der Waals surface area contributed by atoms with Crippen LogP contribution in [-0.2, 0) is 20.8 Å². The molecule has 4 rings (SSSR count). The van der Waals surface area contributed by atoms with Crippen molar-refractivity contribution in [1.82, 2.24) is 25.2 Å². The summed E-state index contributed by atoms with van der Waals surface area (Å²) in [6.07, 6.45) is 6.71. The quantitative estimate of drug-likeness (QED) is 0.636. The van der Waals surface area contributed by atoms with Gasteiger partial charge in [0.15, 0.2) is 0 Å². The van der Waals surface area contributed by atoms with Gasteiger partial charge in [0, 0.05) is 31.7 Å². The first kappa shape index (κ1) is 19.8. The van der Waals surface area contributed by atoms with Crippen LogP contribution in [0.2, 0.25) is 0 Å². The second-order valence-corrected chi connectivity index (χ2v) is 8.09. The number of aryl methyl sites for hydroxylation is 1. The van der Waals surface area contributed by atoms with Gasteiger partial charge in [-0.15, -0.1) is 5.10 Å². The van der Waals surface area contributed by atoms with Gasteiger partial charge in [0.05, 0.1) is 44.2 Å². The van der Waals surface area contributed by atoms with Crippen LogP contribution in [0.25, 0.3) is 0 Å². The molecular formula is C19H31N5O4. The van der Waals surface area contributed by atoms with E-state index in [0.29, 0.717) is 25.7 Å². The zero-order valence-electron chi connectivity index (χ0n) is 16.3. The summed E-state index contributed by atoms with van der Waals surface area (Å²) in [7, 11) is 0. The molecule has 9 heteroatoms. The van der Waals surface area contributed by atoms with E-state index in [9.17, 15) is 9.90 Å². The van der Waals surface area contributed by atoms with Crippen LogP contribution in [0.4, 0.5) is 0 Å². The lowest BCUT2D eigenvalue weighted by atomic mass is 9.97. The Balaban J connectivity index is 1.20. The number of rotatable bonds is 8. The molecule has 1 aliphatic carbocycles. The van der Waals surface area contributed by atoms with E-state index in [1.54, 1.807) is 0 Å². The highest BCUT2D eigenvalue weighted by Gasteiger charge is 2.32. The molecule has 0 radical (unpaired) electrons. The Morgan fingerprint density at radius 3 is 2.82 bits per heavy atom. The topological polar surface area (TPSA) is 102 Å². The van der Waals surface area contributed by atoms with E-state index in [1.807, 2.05) is 10.9 Å². The zero-order chi connectivity index (χ0) is 19.3. The van der Waals surface area contributed by atoms with Crippen LogP contribution in [0.15, 0.2) is 6.20 Å². The fourth-order valence-electron chi connectivity index (χ4n) is 3.99. The molecule has 0 bridgehead atoms. The molecule has 9 nitrogen and oxygen atoms in total. The van der Waals surface area contributed by atoms with Gasteiger partial charge in [0.25, 0.3) is 0 Å². The second-order valence-electron chi connectivity index (χ2n) is 8.09. The average molecular weight is 393 g/mol. The Labute approximate surface area is 165 Å². The molecule has 156 valence electrons. The number of morpholine rings is 1. The molecule has 1 amide bonds. The summed E-state index contributed by atoms with van der Waals surface area (Å²) in [5.41, 5.74) is 1.10. The molecule has 28 heavy (non-hydrogen) atoms. The van der Waals surface area contributed by atoms with Crippen molar-refractivity contribution < 1.29 is 19.4 Å². The predicted octanol–water partition coefficient (Wildman–Crippen LogP) is -0.0975. The van der Waals surface area contributed by atoms with Crippen LogP contribution in [0, 0.1) is 0 Å². The van der Waals surface area contributed by atoms with Crippen molar-refractivity contribution in [2.24, 2.45) is 0 Å². The van der Waals surface area contributed by atoms with E-state index < -0.39 is 0 Å². The fourth-order valence-corrected chi connectivity index (χ4v) is 3.99. The van der Waals surface area contributed by atoms with Gasteiger partial charge in [0.2, 0.25) is 5.91 Å². The third kappa shape index (κ3) is 5.28. The molecule has 3 fully saturated rings. The molecule has 0 unspecified atom stereocenters. The van der Waals surface area contributed by atoms with Crippen LogP contribution in [0.1, 0.15) is 43.7 Å². The number of aliphatic hydroxyl groups is 1. The van der Waals surface area contributed by atoms with E-state index in [1.165, 1.54) is 12.8 Å². The third-order valence-corrected chi connectivity index (χ3v) is 5.85. The molecule has 1 saturated carbocycles. The number of hydrogen-bond acceptors (Lipinski definition) is 7. The second kappa shape index (κ2) is 9.30. The monoisotopic (exact) mass is 393 g/mol. The Morgan fingerprint density at radius 2 is 2.07 bits per heavy atom. The molecule has 3 heterocycles. The van der Waals surface area contributed by atoms with Crippen molar-refractivity contribution in [1.29, 1.82) is 0 Å². The van der Waals surface area contributed by atoms with Crippen molar-refractivity contribution >= 4 is 5.91 Å². The van der Waals surface area contributed by atoms with Crippen molar-refractivity contribution in [3.05, 3.63) is 11.9 Å². The van der Waals surface area contributed by atoms with Crippen LogP contribution >= 0.6 is 0 Å². The Bertz CT molecular complexity index is 644. The summed E-state index contributed by atoms with van der Waals surface area (Å²) in [5.74, 6) is 0.600. The van der Waals surface area contributed by atoms with Gasteiger partial charge in [-0.25, -0.2) is 0 Å². The third-order valence-electron chi connectivity index (χ3n) is 5.85. The summed E-state index contributed by atoms with van der Waals surface area (Å²) in [6.45, 7) is 3.96. The van der Waals surface area contributed by atoms with E-state index in [4.69, 9.17) is 9.47 Å². The fraction of sp³-hybridized carbons (Fsp3) is 0.842. The molecule has 2 saturated heterocycles. The van der Waals surface area contributed by atoms with Crippen molar-refractivity contribution in [3.8, 4) is 0 Å². The first-order chi connectivity index (χ1) is 13.7. The van der Waals surface area contributed by atoms with Crippen molar-refractivity contribution in [2.75, 3.05) is 39.5 Å². The minimum atomic E-state index is -0.356. The minimum absolute atomic E-state index is 0.0115.